The highest BCUT2D eigenvalue weighted by Gasteiger charge is 2.32. The first kappa shape index (κ1) is 22.6. The average molecular weight is 452 g/mol. The van der Waals surface area contributed by atoms with Gasteiger partial charge in [-0.05, 0) is 70.0 Å². The zero-order chi connectivity index (χ0) is 21.7. The number of ether oxygens (including phenoxy) is 3. The van der Waals surface area contributed by atoms with Crippen LogP contribution in [0.4, 0.5) is 4.79 Å². The van der Waals surface area contributed by atoms with Crippen molar-refractivity contribution in [1.82, 2.24) is 4.90 Å². The van der Waals surface area contributed by atoms with Crippen LogP contribution in [0.15, 0.2) is 42.5 Å². The Balaban J connectivity index is 1.50. The summed E-state index contributed by atoms with van der Waals surface area (Å²) in [5, 5.41) is 1.17. The first-order chi connectivity index (χ1) is 14.2. The van der Waals surface area contributed by atoms with Gasteiger partial charge in [0.1, 0.15) is 30.3 Å². The number of halogens is 2. The predicted molar refractivity (Wildman–Crippen MR) is 119 cm³/mol. The van der Waals surface area contributed by atoms with E-state index in [4.69, 9.17) is 37.4 Å². The predicted octanol–water partition coefficient (Wildman–Crippen LogP) is 6.35. The number of nitrogens with zero attached hydrogens (tertiary/aromatic N) is 1. The Hall–Kier alpha value is -2.11. The molecular weight excluding hydrogens is 425 g/mol. The second-order valence-corrected chi connectivity index (χ2v) is 9.12. The largest absolute Gasteiger partial charge is 0.491 e. The highest BCUT2D eigenvalue weighted by atomic mass is 35.5. The molecule has 1 aliphatic rings. The minimum atomic E-state index is -0.503. The molecule has 1 aliphatic heterocycles. The Morgan fingerprint density at radius 1 is 1.07 bits per heavy atom. The monoisotopic (exact) mass is 451 g/mol. The molecule has 0 saturated carbocycles. The SMILES string of the molecule is CC(C)(C)OC(=O)N1CCCC1COc1ccc(OCc2ccc(Cl)cc2Cl)cc1. The molecule has 0 radical (unpaired) electrons. The number of hydrogen-bond donors (Lipinski definition) is 0. The lowest BCUT2D eigenvalue weighted by Crippen LogP contribution is -2.42. The summed E-state index contributed by atoms with van der Waals surface area (Å²) in [6, 6.07) is 12.7. The van der Waals surface area contributed by atoms with Crippen LogP contribution in [0.5, 0.6) is 11.5 Å². The molecule has 3 rings (SSSR count). The summed E-state index contributed by atoms with van der Waals surface area (Å²) in [6.45, 7) is 7.09. The van der Waals surface area contributed by atoms with Gasteiger partial charge in [-0.1, -0.05) is 29.3 Å². The van der Waals surface area contributed by atoms with E-state index in [0.29, 0.717) is 35.6 Å². The van der Waals surface area contributed by atoms with Crippen LogP contribution in [-0.4, -0.2) is 35.8 Å². The van der Waals surface area contributed by atoms with Gasteiger partial charge in [-0.15, -0.1) is 0 Å². The van der Waals surface area contributed by atoms with Gasteiger partial charge < -0.3 is 19.1 Å². The summed E-state index contributed by atoms with van der Waals surface area (Å²) >= 11 is 12.1. The van der Waals surface area contributed by atoms with Gasteiger partial charge in [0.15, 0.2) is 0 Å². The third-order valence-electron chi connectivity index (χ3n) is 4.68. The van der Waals surface area contributed by atoms with Crippen molar-refractivity contribution in [2.24, 2.45) is 0 Å². The van der Waals surface area contributed by atoms with E-state index >= 15 is 0 Å². The number of amides is 1. The van der Waals surface area contributed by atoms with Crippen LogP contribution in [0, 0.1) is 0 Å². The van der Waals surface area contributed by atoms with Gasteiger partial charge in [-0.25, -0.2) is 4.79 Å². The van der Waals surface area contributed by atoms with Crippen LogP contribution < -0.4 is 9.47 Å². The molecule has 0 bridgehead atoms. The highest BCUT2D eigenvalue weighted by Crippen LogP contribution is 2.25. The van der Waals surface area contributed by atoms with Crippen molar-refractivity contribution in [3.8, 4) is 11.5 Å². The minimum Gasteiger partial charge on any atom is -0.491 e. The molecule has 2 aromatic carbocycles. The summed E-state index contributed by atoms with van der Waals surface area (Å²) in [4.78, 5) is 14.1. The maximum atomic E-state index is 12.4. The Kier molecular flexibility index (Phi) is 7.37. The van der Waals surface area contributed by atoms with Crippen molar-refractivity contribution in [1.29, 1.82) is 0 Å². The zero-order valence-corrected chi connectivity index (χ0v) is 19.0. The Morgan fingerprint density at radius 3 is 2.37 bits per heavy atom. The second kappa shape index (κ2) is 9.80. The molecule has 1 unspecified atom stereocenters. The Bertz CT molecular complexity index is 864. The van der Waals surface area contributed by atoms with Gasteiger partial charge in [0.05, 0.1) is 6.04 Å². The first-order valence-corrected chi connectivity index (χ1v) is 10.8. The third-order valence-corrected chi connectivity index (χ3v) is 5.27. The molecule has 162 valence electrons. The van der Waals surface area contributed by atoms with Gasteiger partial charge in [0.2, 0.25) is 0 Å². The Morgan fingerprint density at radius 2 is 1.73 bits per heavy atom. The van der Waals surface area contributed by atoms with Crippen LogP contribution in [-0.2, 0) is 11.3 Å². The number of rotatable bonds is 6. The lowest BCUT2D eigenvalue weighted by atomic mass is 10.2. The summed E-state index contributed by atoms with van der Waals surface area (Å²) < 4.78 is 17.2. The molecule has 30 heavy (non-hydrogen) atoms. The van der Waals surface area contributed by atoms with E-state index in [2.05, 4.69) is 0 Å². The standard InChI is InChI=1S/C23H27Cl2NO4/c1-23(2,3)30-22(27)26-12-4-5-18(26)15-29-20-10-8-19(9-11-20)28-14-16-6-7-17(24)13-21(16)25/h6-11,13,18H,4-5,12,14-15H2,1-3H3. The number of benzene rings is 2. The van der Waals surface area contributed by atoms with E-state index < -0.39 is 5.60 Å². The molecule has 0 aliphatic carbocycles. The number of carbonyl (C=O) groups is 1. The molecule has 1 heterocycles. The van der Waals surface area contributed by atoms with E-state index in [0.717, 1.165) is 24.2 Å². The van der Waals surface area contributed by atoms with Crippen LogP contribution in [0.2, 0.25) is 10.0 Å². The van der Waals surface area contributed by atoms with Crippen LogP contribution in [0.25, 0.3) is 0 Å². The van der Waals surface area contributed by atoms with Gasteiger partial charge in [-0.2, -0.15) is 0 Å². The van der Waals surface area contributed by atoms with Gasteiger partial charge in [0, 0.05) is 22.2 Å². The molecule has 1 saturated heterocycles. The lowest BCUT2D eigenvalue weighted by Gasteiger charge is -2.28. The molecule has 1 amide bonds. The molecule has 1 fully saturated rings. The van der Waals surface area contributed by atoms with Crippen molar-refractivity contribution in [3.05, 3.63) is 58.1 Å². The average Bonchev–Trinajstić information content (AvgIpc) is 3.14. The summed E-state index contributed by atoms with van der Waals surface area (Å²) in [7, 11) is 0. The fourth-order valence-corrected chi connectivity index (χ4v) is 3.66. The quantitative estimate of drug-likeness (QED) is 0.513. The molecule has 0 N–H and O–H groups in total. The zero-order valence-electron chi connectivity index (χ0n) is 17.5. The van der Waals surface area contributed by atoms with E-state index in [9.17, 15) is 4.79 Å². The maximum absolute atomic E-state index is 12.4. The summed E-state index contributed by atoms with van der Waals surface area (Å²) in [5.74, 6) is 1.44. The molecular formula is C23H27Cl2NO4. The summed E-state index contributed by atoms with van der Waals surface area (Å²) in [6.07, 6.45) is 1.58. The lowest BCUT2D eigenvalue weighted by molar-refractivity contribution is 0.0187. The molecule has 5 nitrogen and oxygen atoms in total. The maximum Gasteiger partial charge on any atom is 0.410 e. The van der Waals surface area contributed by atoms with E-state index in [1.165, 1.54) is 0 Å². The first-order valence-electron chi connectivity index (χ1n) is 10.0. The fraction of sp³-hybridized carbons (Fsp3) is 0.435. The molecule has 0 aromatic heterocycles. The van der Waals surface area contributed by atoms with E-state index in [1.807, 2.05) is 51.1 Å². The molecule has 2 aromatic rings. The van der Waals surface area contributed by atoms with Gasteiger partial charge >= 0.3 is 6.09 Å². The fourth-order valence-electron chi connectivity index (χ4n) is 3.19. The van der Waals surface area contributed by atoms with Crippen molar-refractivity contribution in [3.63, 3.8) is 0 Å². The van der Waals surface area contributed by atoms with Crippen LogP contribution >= 0.6 is 23.2 Å². The van der Waals surface area contributed by atoms with Crippen LogP contribution in [0.3, 0.4) is 0 Å². The number of likely N-dealkylation sites (tertiary alicyclic amines) is 1. The number of carbonyl (C=O) groups excluding carboxylic acids is 1. The Labute approximate surface area is 187 Å². The van der Waals surface area contributed by atoms with Crippen molar-refractivity contribution >= 4 is 29.3 Å². The topological polar surface area (TPSA) is 48.0 Å². The summed E-state index contributed by atoms with van der Waals surface area (Å²) in [5.41, 5.74) is 0.363. The van der Waals surface area contributed by atoms with E-state index in [1.54, 1.807) is 17.0 Å². The van der Waals surface area contributed by atoms with Gasteiger partial charge in [-0.3, -0.25) is 0 Å². The molecule has 0 spiro atoms. The smallest absolute Gasteiger partial charge is 0.410 e. The number of hydrogen-bond acceptors (Lipinski definition) is 4. The molecule has 1 atom stereocenters. The van der Waals surface area contributed by atoms with Crippen molar-refractivity contribution in [2.45, 2.75) is 51.9 Å². The normalized spacial score (nSPS) is 16.4. The highest BCUT2D eigenvalue weighted by molar-refractivity contribution is 6.35. The third kappa shape index (κ3) is 6.44. The van der Waals surface area contributed by atoms with Crippen LogP contribution in [0.1, 0.15) is 39.2 Å². The van der Waals surface area contributed by atoms with Crippen molar-refractivity contribution < 1.29 is 19.0 Å². The van der Waals surface area contributed by atoms with Crippen molar-refractivity contribution in [2.75, 3.05) is 13.2 Å². The second-order valence-electron chi connectivity index (χ2n) is 8.28. The van der Waals surface area contributed by atoms with E-state index in [-0.39, 0.29) is 12.1 Å². The minimum absolute atomic E-state index is 0.0165. The van der Waals surface area contributed by atoms with Gasteiger partial charge in [0.25, 0.3) is 0 Å². The molecule has 7 heteroatoms.